The van der Waals surface area contributed by atoms with Gasteiger partial charge in [0, 0.05) is 31.8 Å². The molecule has 2 aliphatic rings. The van der Waals surface area contributed by atoms with Gasteiger partial charge in [0.1, 0.15) is 29.9 Å². The largest absolute Gasteiger partial charge is 0.395 e. The summed E-state index contributed by atoms with van der Waals surface area (Å²) in [4.78, 5) is 14.8. The van der Waals surface area contributed by atoms with Crippen LogP contribution in [0.1, 0.15) is 52.9 Å². The minimum Gasteiger partial charge on any atom is -0.395 e. The molecule has 0 spiro atoms. The highest BCUT2D eigenvalue weighted by Crippen LogP contribution is 2.33. The van der Waals surface area contributed by atoms with Gasteiger partial charge in [-0.05, 0) is 37.5 Å². The van der Waals surface area contributed by atoms with Crippen LogP contribution in [0, 0.1) is 11.8 Å². The molecule has 2 aliphatic heterocycles. The van der Waals surface area contributed by atoms with Crippen LogP contribution in [0.5, 0.6) is 0 Å². The summed E-state index contributed by atoms with van der Waals surface area (Å²) >= 11 is 1.20. The second kappa shape index (κ2) is 13.1. The summed E-state index contributed by atoms with van der Waals surface area (Å²) < 4.78 is 33.2. The van der Waals surface area contributed by atoms with Gasteiger partial charge in [0.25, 0.3) is 0 Å². The molecule has 2 saturated heterocycles. The maximum atomic E-state index is 13.6. The molecule has 200 valence electrons. The van der Waals surface area contributed by atoms with Gasteiger partial charge >= 0.3 is 0 Å². The fourth-order valence-electron chi connectivity index (χ4n) is 5.01. The minimum absolute atomic E-state index is 0.0235. The first kappa shape index (κ1) is 29.7. The Morgan fingerprint density at radius 2 is 1.91 bits per heavy atom. The second-order valence-electron chi connectivity index (χ2n) is 9.88. The minimum atomic E-state index is -2.66. The molecule has 2 heterocycles. The van der Waals surface area contributed by atoms with E-state index in [-0.39, 0.29) is 56.2 Å². The van der Waals surface area contributed by atoms with Gasteiger partial charge in [0.05, 0.1) is 12.6 Å². The maximum Gasteiger partial charge on any atom is 0.247 e. The lowest BCUT2D eigenvalue weighted by atomic mass is 9.87. The number of halogens is 2. The molecule has 0 aromatic rings. The number of amides is 1. The molecule has 0 bridgehead atoms. The monoisotopic (exact) mass is 512 g/mol. The van der Waals surface area contributed by atoms with E-state index >= 15 is 0 Å². The average Bonchev–Trinajstić information content (AvgIpc) is 3.24. The summed E-state index contributed by atoms with van der Waals surface area (Å²) in [6.07, 6.45) is -2.54. The lowest BCUT2D eigenvalue weighted by Gasteiger charge is -2.47. The molecule has 34 heavy (non-hydrogen) atoms. The first-order valence-corrected chi connectivity index (χ1v) is 13.5. The van der Waals surface area contributed by atoms with E-state index < -0.39 is 41.8 Å². The van der Waals surface area contributed by atoms with Gasteiger partial charge < -0.3 is 35.4 Å². The number of thioether (sulfide) groups is 1. The van der Waals surface area contributed by atoms with Crippen molar-refractivity contribution in [3.05, 3.63) is 0 Å². The van der Waals surface area contributed by atoms with Crippen molar-refractivity contribution >= 4 is 17.7 Å². The van der Waals surface area contributed by atoms with Crippen molar-refractivity contribution in [2.45, 2.75) is 101 Å². The highest BCUT2D eigenvalue weighted by atomic mass is 32.2. The topological polar surface area (TPSA) is 122 Å². The Bertz CT molecular complexity index is 645. The summed E-state index contributed by atoms with van der Waals surface area (Å²) in [5.41, 5.74) is -0.769. The summed E-state index contributed by atoms with van der Waals surface area (Å²) in [6, 6.07) is -0.808. The summed E-state index contributed by atoms with van der Waals surface area (Å²) in [5, 5.41) is 44.2. The number of hydrogen-bond donors (Lipinski definition) is 5. The summed E-state index contributed by atoms with van der Waals surface area (Å²) in [6.45, 7) is 5.51. The molecule has 0 radical (unpaired) electrons. The molecule has 0 aromatic heterocycles. The number of ether oxygens (including phenoxy) is 1. The Morgan fingerprint density at radius 3 is 2.47 bits per heavy atom. The molecule has 8 atom stereocenters. The third-order valence-electron chi connectivity index (χ3n) is 7.05. The number of aliphatic hydroxyl groups is 4. The number of nitrogens with zero attached hydrogens (tertiary/aromatic N) is 1. The molecular formula is C23H42F2N2O6S. The number of alkyl halides is 2. The highest BCUT2D eigenvalue weighted by molar-refractivity contribution is 7.99. The van der Waals surface area contributed by atoms with Gasteiger partial charge in [-0.25, -0.2) is 8.78 Å². The fourth-order valence-corrected chi connectivity index (χ4v) is 5.69. The van der Waals surface area contributed by atoms with E-state index in [0.717, 1.165) is 0 Å². The zero-order valence-electron chi connectivity index (χ0n) is 20.6. The van der Waals surface area contributed by atoms with Crippen LogP contribution in [0.3, 0.4) is 0 Å². The molecular weight excluding hydrogens is 470 g/mol. The van der Waals surface area contributed by atoms with Gasteiger partial charge in [0.2, 0.25) is 11.8 Å². The number of carbonyl (C=O) groups is 1. The van der Waals surface area contributed by atoms with Crippen LogP contribution in [-0.2, 0) is 9.53 Å². The van der Waals surface area contributed by atoms with E-state index in [1.54, 1.807) is 6.26 Å². The highest BCUT2D eigenvalue weighted by Gasteiger charge is 2.49. The molecule has 2 fully saturated rings. The van der Waals surface area contributed by atoms with E-state index in [9.17, 15) is 34.0 Å². The molecule has 8 nitrogen and oxygen atoms in total. The lowest BCUT2D eigenvalue weighted by Crippen LogP contribution is -2.64. The fraction of sp³-hybridized carbons (Fsp3) is 0.957. The first-order valence-electron chi connectivity index (χ1n) is 12.2. The smallest absolute Gasteiger partial charge is 0.247 e. The third kappa shape index (κ3) is 7.47. The Hall–Kier alpha value is -0.560. The zero-order chi connectivity index (χ0) is 25.6. The van der Waals surface area contributed by atoms with E-state index in [0.29, 0.717) is 19.4 Å². The van der Waals surface area contributed by atoms with Crippen molar-refractivity contribution in [2.24, 2.45) is 11.8 Å². The molecule has 0 aromatic carbocycles. The zero-order valence-corrected chi connectivity index (χ0v) is 21.4. The van der Waals surface area contributed by atoms with Crippen molar-refractivity contribution in [2.75, 3.05) is 26.0 Å². The van der Waals surface area contributed by atoms with E-state index in [1.165, 1.54) is 23.6 Å². The van der Waals surface area contributed by atoms with Gasteiger partial charge in [0.15, 0.2) is 0 Å². The van der Waals surface area contributed by atoms with Crippen LogP contribution in [-0.4, -0.2) is 105 Å². The number of aliphatic hydroxyl groups excluding tert-OH is 4. The first-order chi connectivity index (χ1) is 15.9. The Balaban J connectivity index is 2.09. The predicted octanol–water partition coefficient (Wildman–Crippen LogP) is 1.20. The molecule has 8 unspecified atom stereocenters. The van der Waals surface area contributed by atoms with Crippen molar-refractivity contribution < 1.29 is 38.7 Å². The van der Waals surface area contributed by atoms with Crippen LogP contribution in [0.4, 0.5) is 8.78 Å². The van der Waals surface area contributed by atoms with Crippen LogP contribution >= 0.6 is 11.8 Å². The summed E-state index contributed by atoms with van der Waals surface area (Å²) in [7, 11) is 0. The molecule has 0 aliphatic carbocycles. The van der Waals surface area contributed by atoms with Crippen LogP contribution < -0.4 is 5.32 Å². The number of nitrogens with one attached hydrogen (secondary N) is 1. The van der Waals surface area contributed by atoms with Crippen LogP contribution in [0.2, 0.25) is 0 Å². The average molecular weight is 513 g/mol. The number of carbonyl (C=O) groups excluding carboxylic acids is 1. The van der Waals surface area contributed by atoms with E-state index in [1.807, 2.05) is 13.8 Å². The predicted molar refractivity (Wildman–Crippen MR) is 127 cm³/mol. The summed E-state index contributed by atoms with van der Waals surface area (Å²) in [5.74, 6) is -3.02. The number of hydrogen-bond acceptors (Lipinski definition) is 8. The Kier molecular flexibility index (Phi) is 11.4. The van der Waals surface area contributed by atoms with E-state index in [4.69, 9.17) is 4.74 Å². The molecule has 11 heteroatoms. The standard InChI is InChI=1S/C23H42F2N2O6S/c1-5-23(24,25)7-6-14-10-15(26-12-14)11-16(29)27(8-9-28)17(13(2)3)21-19(31)18(30)20(32)22(33-21)34-4/h13-15,17-22,26,28,30-32H,5-12H2,1-4H3. The second-order valence-corrected chi connectivity index (χ2v) is 10.8. The van der Waals surface area contributed by atoms with Crippen molar-refractivity contribution in [3.63, 3.8) is 0 Å². The van der Waals surface area contributed by atoms with Gasteiger partial charge in [-0.3, -0.25) is 4.79 Å². The molecule has 1 amide bonds. The SMILES string of the molecule is CCC(F)(F)CCC1CNC(CC(=O)N(CCO)C(C(C)C)C2OC(SC)C(O)C(O)C2O)C1. The van der Waals surface area contributed by atoms with Crippen molar-refractivity contribution in [1.29, 1.82) is 0 Å². The van der Waals surface area contributed by atoms with Gasteiger partial charge in [-0.2, -0.15) is 0 Å². The molecule has 2 rings (SSSR count). The van der Waals surface area contributed by atoms with Crippen LogP contribution in [0.15, 0.2) is 0 Å². The van der Waals surface area contributed by atoms with E-state index in [2.05, 4.69) is 5.32 Å². The Morgan fingerprint density at radius 1 is 1.24 bits per heavy atom. The Labute approximate surface area is 205 Å². The lowest BCUT2D eigenvalue weighted by molar-refractivity contribution is -0.218. The molecule has 5 N–H and O–H groups in total. The number of rotatable bonds is 12. The van der Waals surface area contributed by atoms with Crippen molar-refractivity contribution in [3.8, 4) is 0 Å². The van der Waals surface area contributed by atoms with Crippen molar-refractivity contribution in [1.82, 2.24) is 10.2 Å². The normalized spacial score (nSPS) is 33.3. The quantitative estimate of drug-likeness (QED) is 0.264. The van der Waals surface area contributed by atoms with Gasteiger partial charge in [-0.15, -0.1) is 11.8 Å². The molecule has 0 saturated carbocycles. The third-order valence-corrected chi connectivity index (χ3v) is 7.90. The maximum absolute atomic E-state index is 13.6. The van der Waals surface area contributed by atoms with Crippen LogP contribution in [0.25, 0.3) is 0 Å². The van der Waals surface area contributed by atoms with Gasteiger partial charge in [-0.1, -0.05) is 20.8 Å².